The van der Waals surface area contributed by atoms with E-state index in [1.54, 1.807) is 23.9 Å². The van der Waals surface area contributed by atoms with Gasteiger partial charge in [0.15, 0.2) is 6.61 Å². The zero-order valence-corrected chi connectivity index (χ0v) is 18.4. The third-order valence-electron chi connectivity index (χ3n) is 4.72. The number of benzene rings is 3. The van der Waals surface area contributed by atoms with Crippen LogP contribution in [0.4, 0.5) is 24.5 Å². The maximum atomic E-state index is 12.8. The van der Waals surface area contributed by atoms with E-state index in [4.69, 9.17) is 15.3 Å². The number of carboxylic acid groups (broad SMARTS) is 1. The van der Waals surface area contributed by atoms with Crippen LogP contribution in [0.25, 0.3) is 0 Å². The maximum absolute atomic E-state index is 12.8. The lowest BCUT2D eigenvalue weighted by Gasteiger charge is -2.14. The fourth-order valence-electron chi connectivity index (χ4n) is 3.09. The van der Waals surface area contributed by atoms with E-state index < -0.39 is 24.3 Å². The molecule has 3 N–H and O–H groups in total. The Morgan fingerprint density at radius 3 is 2.48 bits per heavy atom. The van der Waals surface area contributed by atoms with Crippen molar-refractivity contribution >= 4 is 35.3 Å². The molecule has 0 aromatic heterocycles. The number of thioether (sulfide) groups is 1. The number of carboxylic acids is 1. The lowest BCUT2D eigenvalue weighted by atomic mass is 10.1. The second kappa shape index (κ2) is 10.4. The molecule has 0 bridgehead atoms. The van der Waals surface area contributed by atoms with Crippen molar-refractivity contribution in [3.8, 4) is 5.75 Å². The van der Waals surface area contributed by atoms with E-state index >= 15 is 0 Å². The number of halogens is 3. The summed E-state index contributed by atoms with van der Waals surface area (Å²) in [5.74, 6) is 0.0173. The van der Waals surface area contributed by atoms with Gasteiger partial charge in [-0.15, -0.1) is 11.8 Å². The van der Waals surface area contributed by atoms with Gasteiger partial charge >= 0.3 is 12.1 Å². The Labute approximate surface area is 193 Å². The first-order chi connectivity index (χ1) is 15.7. The van der Waals surface area contributed by atoms with Gasteiger partial charge < -0.3 is 20.6 Å². The van der Waals surface area contributed by atoms with Crippen LogP contribution in [-0.4, -0.2) is 23.9 Å². The van der Waals surface area contributed by atoms with Gasteiger partial charge in [-0.1, -0.05) is 12.1 Å². The highest BCUT2D eigenvalue weighted by Gasteiger charge is 2.29. The van der Waals surface area contributed by atoms with Crippen LogP contribution >= 0.6 is 11.8 Å². The monoisotopic (exact) mass is 474 g/mol. The van der Waals surface area contributed by atoms with Crippen LogP contribution in [0.5, 0.6) is 5.75 Å². The first-order valence-electron chi connectivity index (χ1n) is 9.82. The molecule has 172 valence electrons. The summed E-state index contributed by atoms with van der Waals surface area (Å²) >= 11 is 1.54. The molecular weight excluding hydrogens is 453 g/mol. The van der Waals surface area contributed by atoms with E-state index in [1.165, 1.54) is 18.3 Å². The molecule has 33 heavy (non-hydrogen) atoms. The number of aryl methyl sites for hydroxylation is 1. The summed E-state index contributed by atoms with van der Waals surface area (Å²) in [5, 5.41) is 19.7. The number of rotatable bonds is 9. The van der Waals surface area contributed by atoms with E-state index in [0.29, 0.717) is 28.4 Å². The highest BCUT2D eigenvalue weighted by molar-refractivity contribution is 7.98. The number of hydrogen-bond donors (Lipinski definition) is 3. The number of aliphatic carboxylic acids is 1. The van der Waals surface area contributed by atoms with Crippen molar-refractivity contribution < 1.29 is 27.8 Å². The molecule has 3 rings (SSSR count). The Morgan fingerprint density at radius 2 is 1.88 bits per heavy atom. The molecule has 0 aliphatic carbocycles. The van der Waals surface area contributed by atoms with Gasteiger partial charge in [0.05, 0.1) is 5.56 Å². The average Bonchev–Trinajstić information content (AvgIpc) is 2.76. The number of alkyl halides is 3. The van der Waals surface area contributed by atoms with Crippen molar-refractivity contribution in [2.24, 2.45) is 0 Å². The maximum Gasteiger partial charge on any atom is 0.416 e. The van der Waals surface area contributed by atoms with Gasteiger partial charge in [0, 0.05) is 33.8 Å². The quantitative estimate of drug-likeness (QED) is 0.243. The number of ether oxygens (including phenoxy) is 1. The van der Waals surface area contributed by atoms with Gasteiger partial charge in [-0.05, 0) is 66.6 Å². The van der Waals surface area contributed by atoms with Crippen molar-refractivity contribution in [3.05, 3.63) is 82.9 Å². The molecule has 0 fully saturated rings. The minimum Gasteiger partial charge on any atom is -0.482 e. The van der Waals surface area contributed by atoms with Gasteiger partial charge in [-0.25, -0.2) is 4.79 Å². The number of anilines is 2. The van der Waals surface area contributed by atoms with Crippen molar-refractivity contribution in [1.82, 2.24) is 0 Å². The molecule has 0 radical (unpaired) electrons. The largest absolute Gasteiger partial charge is 0.482 e. The molecule has 5 nitrogen and oxygen atoms in total. The zero-order chi connectivity index (χ0) is 24.0. The molecule has 0 amide bonds. The summed E-state index contributed by atoms with van der Waals surface area (Å²) in [6.07, 6.45) is -3.18. The van der Waals surface area contributed by atoms with Crippen molar-refractivity contribution in [2.45, 2.75) is 23.7 Å². The van der Waals surface area contributed by atoms with E-state index in [1.807, 2.05) is 31.2 Å². The Balaban J connectivity index is 1.72. The van der Waals surface area contributed by atoms with E-state index in [-0.39, 0.29) is 0 Å². The molecule has 9 heteroatoms. The Hall–Kier alpha value is -3.46. The third kappa shape index (κ3) is 6.52. The second-order valence-electron chi connectivity index (χ2n) is 7.12. The lowest BCUT2D eigenvalue weighted by molar-refractivity contribution is -0.139. The van der Waals surface area contributed by atoms with Gasteiger partial charge in [-0.3, -0.25) is 0 Å². The number of carbonyl (C=O) groups is 1. The fourth-order valence-corrected chi connectivity index (χ4v) is 4.09. The second-order valence-corrected chi connectivity index (χ2v) is 8.17. The van der Waals surface area contributed by atoms with Crippen LogP contribution in [-0.2, 0) is 16.7 Å². The summed E-state index contributed by atoms with van der Waals surface area (Å²) in [6, 6.07) is 15.7. The SMILES string of the molecule is Cc1cc(SCc2cccc(Nc3ccc(C(F)(F)F)cc3)c2C=N)ccc1OCC(=O)O. The van der Waals surface area contributed by atoms with E-state index in [2.05, 4.69) is 5.32 Å². The first-order valence-corrected chi connectivity index (χ1v) is 10.8. The minimum atomic E-state index is -4.39. The lowest BCUT2D eigenvalue weighted by Crippen LogP contribution is -2.09. The standard InChI is InChI=1S/C24H21F3N2O3S/c1-15-11-19(9-10-22(15)32-13-23(30)31)33-14-16-3-2-4-21(20(16)12-28)29-18-7-5-17(6-8-18)24(25,26)27/h2-12,28-29H,13-14H2,1H3,(H,30,31). The summed E-state index contributed by atoms with van der Waals surface area (Å²) in [6.45, 7) is 1.42. The molecule has 0 atom stereocenters. The summed E-state index contributed by atoms with van der Waals surface area (Å²) < 4.78 is 43.6. The summed E-state index contributed by atoms with van der Waals surface area (Å²) in [4.78, 5) is 11.6. The summed E-state index contributed by atoms with van der Waals surface area (Å²) in [7, 11) is 0. The smallest absolute Gasteiger partial charge is 0.416 e. The van der Waals surface area contributed by atoms with Crippen LogP contribution < -0.4 is 10.1 Å². The molecule has 0 saturated carbocycles. The zero-order valence-electron chi connectivity index (χ0n) is 17.6. The Morgan fingerprint density at radius 1 is 1.15 bits per heavy atom. The first kappa shape index (κ1) is 24.2. The van der Waals surface area contributed by atoms with Crippen LogP contribution in [0.2, 0.25) is 0 Å². The molecule has 0 spiro atoms. The summed E-state index contributed by atoms with van der Waals surface area (Å²) in [5.41, 5.74) is 2.73. The third-order valence-corrected chi connectivity index (χ3v) is 5.77. The Bertz CT molecular complexity index is 1150. The van der Waals surface area contributed by atoms with Gasteiger partial charge in [0.25, 0.3) is 0 Å². The molecule has 3 aromatic carbocycles. The normalized spacial score (nSPS) is 11.2. The van der Waals surface area contributed by atoms with Crippen LogP contribution in [0.3, 0.4) is 0 Å². The van der Waals surface area contributed by atoms with E-state index in [9.17, 15) is 18.0 Å². The molecule has 0 aliphatic rings. The minimum absolute atomic E-state index is 0.408. The predicted molar refractivity (Wildman–Crippen MR) is 123 cm³/mol. The predicted octanol–water partition coefficient (Wildman–Crippen LogP) is 6.51. The Kier molecular flexibility index (Phi) is 7.65. The highest BCUT2D eigenvalue weighted by atomic mass is 32.2. The van der Waals surface area contributed by atoms with Crippen LogP contribution in [0.15, 0.2) is 65.6 Å². The molecule has 3 aromatic rings. The molecule has 0 unspecified atom stereocenters. The molecule has 0 aliphatic heterocycles. The van der Waals surface area contributed by atoms with Crippen LogP contribution in [0, 0.1) is 12.3 Å². The van der Waals surface area contributed by atoms with Crippen LogP contribution in [0.1, 0.15) is 22.3 Å². The average molecular weight is 475 g/mol. The molecule has 0 heterocycles. The number of hydrogen-bond acceptors (Lipinski definition) is 5. The van der Waals surface area contributed by atoms with Crippen molar-refractivity contribution in [2.75, 3.05) is 11.9 Å². The van der Waals surface area contributed by atoms with E-state index in [0.717, 1.165) is 28.2 Å². The topological polar surface area (TPSA) is 82.4 Å². The molecular formula is C24H21F3N2O3S. The van der Waals surface area contributed by atoms with Gasteiger partial charge in [-0.2, -0.15) is 13.2 Å². The fraction of sp³-hybridized carbons (Fsp3) is 0.167. The highest BCUT2D eigenvalue weighted by Crippen LogP contribution is 2.33. The van der Waals surface area contributed by atoms with Gasteiger partial charge in [0.2, 0.25) is 0 Å². The van der Waals surface area contributed by atoms with Crippen molar-refractivity contribution in [3.63, 3.8) is 0 Å². The molecule has 0 saturated heterocycles. The van der Waals surface area contributed by atoms with Crippen molar-refractivity contribution in [1.29, 1.82) is 5.41 Å². The number of nitrogens with one attached hydrogen (secondary N) is 2. The van der Waals surface area contributed by atoms with Gasteiger partial charge in [0.1, 0.15) is 5.75 Å².